The van der Waals surface area contributed by atoms with E-state index in [4.69, 9.17) is 5.73 Å². The number of hydrogen-bond acceptors (Lipinski definition) is 4. The van der Waals surface area contributed by atoms with E-state index in [9.17, 15) is 5.11 Å². The summed E-state index contributed by atoms with van der Waals surface area (Å²) in [5.74, 6) is -0.107. The average molecular weight is 514 g/mol. The third-order valence-electron chi connectivity index (χ3n) is 4.32. The number of nitrogens with two attached hydrogens (primary N) is 1. The minimum absolute atomic E-state index is 0. The van der Waals surface area contributed by atoms with Crippen molar-refractivity contribution in [3.63, 3.8) is 0 Å². The molecule has 0 spiro atoms. The third-order valence-corrected chi connectivity index (χ3v) is 6.84. The summed E-state index contributed by atoms with van der Waals surface area (Å²) in [6.07, 6.45) is 1.32. The molecule has 2 N–H and O–H groups in total. The normalized spacial score (nSPS) is 10.9. The third kappa shape index (κ3) is 8.44. The second-order valence-corrected chi connectivity index (χ2v) is 9.20. The molecule has 168 valence electrons. The van der Waals surface area contributed by atoms with Gasteiger partial charge < -0.3 is 23.5 Å². The smallest absolute Gasteiger partial charge is 0.872 e. The monoisotopic (exact) mass is 513 g/mol. The maximum Gasteiger partial charge on any atom is 2.00 e. The SMILES string of the molecule is N/C([S-])=N/N=C/c1ccccc1[O-].[Ni+2].c1ccc(P(c2ccccc2)c2ccccc2)cc1. The summed E-state index contributed by atoms with van der Waals surface area (Å²) < 4.78 is 0. The second-order valence-electron chi connectivity index (χ2n) is 6.56. The first-order chi connectivity index (χ1) is 15.6. The van der Waals surface area contributed by atoms with Gasteiger partial charge in [0, 0.05) is 0 Å². The van der Waals surface area contributed by atoms with Crippen LogP contribution >= 0.6 is 7.92 Å². The summed E-state index contributed by atoms with van der Waals surface area (Å²) in [5.41, 5.74) is 5.53. The van der Waals surface area contributed by atoms with E-state index in [1.165, 1.54) is 28.2 Å². The Kier molecular flexibility index (Phi) is 11.3. The molecule has 0 saturated carbocycles. The van der Waals surface area contributed by atoms with Crippen LogP contribution in [0.2, 0.25) is 0 Å². The van der Waals surface area contributed by atoms with Gasteiger partial charge in [-0.3, -0.25) is 0 Å². The molecule has 0 radical (unpaired) electrons. The van der Waals surface area contributed by atoms with Gasteiger partial charge in [-0.2, -0.15) is 10.2 Å². The van der Waals surface area contributed by atoms with Crippen molar-refractivity contribution in [1.29, 1.82) is 0 Å². The first kappa shape index (κ1) is 26.2. The Balaban J connectivity index is 0.000000244. The fourth-order valence-electron chi connectivity index (χ4n) is 2.91. The zero-order valence-corrected chi connectivity index (χ0v) is 20.3. The van der Waals surface area contributed by atoms with E-state index in [1.54, 1.807) is 18.2 Å². The molecule has 33 heavy (non-hydrogen) atoms. The van der Waals surface area contributed by atoms with E-state index in [1.807, 2.05) is 0 Å². The predicted octanol–water partition coefficient (Wildman–Crippen LogP) is 3.40. The van der Waals surface area contributed by atoms with E-state index < -0.39 is 7.92 Å². The molecule has 0 aromatic heterocycles. The molecule has 4 rings (SSSR count). The molecule has 0 aliphatic rings. The molecule has 0 fully saturated rings. The van der Waals surface area contributed by atoms with E-state index in [0.717, 1.165) is 0 Å². The van der Waals surface area contributed by atoms with Crippen molar-refractivity contribution in [3.05, 3.63) is 121 Å². The van der Waals surface area contributed by atoms with Gasteiger partial charge in [-0.05, 0) is 34.6 Å². The molecule has 0 saturated heterocycles. The van der Waals surface area contributed by atoms with Crippen LogP contribution in [0.15, 0.2) is 125 Å². The van der Waals surface area contributed by atoms with Crippen LogP contribution in [0.5, 0.6) is 5.75 Å². The fourth-order valence-corrected chi connectivity index (χ4v) is 5.27. The molecule has 0 bridgehead atoms. The fraction of sp³-hybridized carbons (Fsp3) is 0. The van der Waals surface area contributed by atoms with Crippen LogP contribution in [0.4, 0.5) is 0 Å². The number of benzene rings is 4. The van der Waals surface area contributed by atoms with Crippen molar-refractivity contribution in [2.45, 2.75) is 0 Å². The van der Waals surface area contributed by atoms with Crippen molar-refractivity contribution < 1.29 is 21.6 Å². The largest absolute Gasteiger partial charge is 2.00 e. The zero-order chi connectivity index (χ0) is 22.6. The van der Waals surface area contributed by atoms with Gasteiger partial charge in [-0.25, -0.2) is 0 Å². The first-order valence-electron chi connectivity index (χ1n) is 9.90. The van der Waals surface area contributed by atoms with Crippen LogP contribution in [0.1, 0.15) is 5.56 Å². The van der Waals surface area contributed by atoms with Gasteiger partial charge >= 0.3 is 16.5 Å². The van der Waals surface area contributed by atoms with Crippen molar-refractivity contribution in [3.8, 4) is 5.75 Å². The Bertz CT molecular complexity index is 1060. The van der Waals surface area contributed by atoms with Crippen LogP contribution in [0, 0.1) is 0 Å². The zero-order valence-electron chi connectivity index (χ0n) is 17.6. The van der Waals surface area contributed by atoms with Crippen molar-refractivity contribution >= 4 is 47.8 Å². The van der Waals surface area contributed by atoms with E-state index in [-0.39, 0.29) is 27.4 Å². The summed E-state index contributed by atoms with van der Waals surface area (Å²) in [5, 5.41) is 22.2. The van der Waals surface area contributed by atoms with Gasteiger partial charge in [0.2, 0.25) is 0 Å². The molecule has 0 atom stereocenters. The Morgan fingerprint density at radius 2 is 1.09 bits per heavy atom. The predicted molar refractivity (Wildman–Crippen MR) is 138 cm³/mol. The summed E-state index contributed by atoms with van der Waals surface area (Å²) in [4.78, 5) is 0. The van der Waals surface area contributed by atoms with Crippen LogP contribution in [0.3, 0.4) is 0 Å². The van der Waals surface area contributed by atoms with Gasteiger partial charge in [0.25, 0.3) is 0 Å². The molecule has 4 aromatic carbocycles. The Morgan fingerprint density at radius 3 is 1.48 bits per heavy atom. The minimum atomic E-state index is -0.446. The maximum absolute atomic E-state index is 11.1. The second kappa shape index (κ2) is 14.2. The number of rotatable bonds is 5. The summed E-state index contributed by atoms with van der Waals surface area (Å²) in [7, 11) is -0.446. The summed E-state index contributed by atoms with van der Waals surface area (Å²) in [6, 6.07) is 38.8. The topological polar surface area (TPSA) is 73.8 Å². The maximum atomic E-state index is 11.1. The summed E-state index contributed by atoms with van der Waals surface area (Å²) >= 11 is 4.46. The molecule has 4 aromatic rings. The van der Waals surface area contributed by atoms with Gasteiger partial charge in [0.05, 0.1) is 6.21 Å². The van der Waals surface area contributed by atoms with E-state index in [2.05, 4.69) is 114 Å². The first-order valence-corrected chi connectivity index (χ1v) is 11.6. The average Bonchev–Trinajstić information content (AvgIpc) is 2.83. The Labute approximate surface area is 211 Å². The molecule has 0 aliphatic heterocycles. The van der Waals surface area contributed by atoms with E-state index in [0.29, 0.717) is 5.56 Å². The number of para-hydroxylation sites is 1. The van der Waals surface area contributed by atoms with Crippen molar-refractivity contribution in [2.75, 3.05) is 0 Å². The molecule has 0 unspecified atom stereocenters. The van der Waals surface area contributed by atoms with Gasteiger partial charge in [0.15, 0.2) is 0 Å². The van der Waals surface area contributed by atoms with Gasteiger partial charge in [0.1, 0.15) is 0 Å². The molecule has 0 amide bonds. The Morgan fingerprint density at radius 1 is 0.697 bits per heavy atom. The molecular formula is C26H22N3NiOPS. The number of amidine groups is 1. The van der Waals surface area contributed by atoms with Gasteiger partial charge in [-0.15, -0.1) is 0 Å². The van der Waals surface area contributed by atoms with Crippen LogP contribution < -0.4 is 26.8 Å². The Hall–Kier alpha value is -3.04. The van der Waals surface area contributed by atoms with Gasteiger partial charge in [-0.1, -0.05) is 121 Å². The van der Waals surface area contributed by atoms with Crippen LogP contribution in [-0.2, 0) is 29.1 Å². The van der Waals surface area contributed by atoms with E-state index >= 15 is 0 Å². The minimum Gasteiger partial charge on any atom is -0.872 e. The molecule has 0 heterocycles. The van der Waals surface area contributed by atoms with Crippen LogP contribution in [-0.4, -0.2) is 11.4 Å². The standard InChI is InChI=1S/C18H15P.C8H9N3OS.Ni/c1-4-10-16(11-5-1)19(17-12-6-2-7-13-17)18-14-8-3-9-15-18;9-8(13)11-10-5-6-3-1-2-4-7(6)12;/h1-15H;1-5,12H,(H3,9,11,13);/q;;+2/p-2/b;10-5+;. The molecular weight excluding hydrogens is 492 g/mol. The molecule has 7 heteroatoms. The number of nitrogens with zero attached hydrogens (tertiary/aromatic N) is 2. The molecule has 0 aliphatic carbocycles. The van der Waals surface area contributed by atoms with Crippen molar-refractivity contribution in [2.24, 2.45) is 15.9 Å². The number of hydrogen-bond donors (Lipinski definition) is 1. The molecule has 4 nitrogen and oxygen atoms in total. The van der Waals surface area contributed by atoms with Crippen LogP contribution in [0.25, 0.3) is 0 Å². The summed E-state index contributed by atoms with van der Waals surface area (Å²) in [6.45, 7) is 0. The van der Waals surface area contributed by atoms with Crippen molar-refractivity contribution in [1.82, 2.24) is 0 Å². The quantitative estimate of drug-likeness (QED) is 0.111.